The predicted molar refractivity (Wildman–Crippen MR) is 157 cm³/mol. The molecule has 3 saturated heterocycles. The SMILES string of the molecule is C=CC1C[N@+]2(Cc3c4ccccc4cc4ccccc34)CC[C@H]1C[C@@H]2[C@H](OC)c1ccnc2ccccc12. The summed E-state index contributed by atoms with van der Waals surface area (Å²) in [7, 11) is 1.90. The highest BCUT2D eigenvalue weighted by molar-refractivity contribution is 6.02. The minimum atomic E-state index is 0.0118. The number of pyridine rings is 1. The van der Waals surface area contributed by atoms with Crippen LogP contribution in [0.1, 0.15) is 30.1 Å². The van der Waals surface area contributed by atoms with Gasteiger partial charge in [-0.1, -0.05) is 72.8 Å². The second-order valence-electron chi connectivity index (χ2n) is 11.4. The lowest BCUT2D eigenvalue weighted by Gasteiger charge is -2.58. The van der Waals surface area contributed by atoms with Gasteiger partial charge in [0.05, 0.1) is 18.6 Å². The van der Waals surface area contributed by atoms with E-state index in [9.17, 15) is 0 Å². The zero-order valence-corrected chi connectivity index (χ0v) is 22.1. The topological polar surface area (TPSA) is 22.1 Å². The van der Waals surface area contributed by atoms with Crippen LogP contribution in [0.4, 0.5) is 0 Å². The maximum absolute atomic E-state index is 6.47. The molecule has 5 aromatic rings. The number of hydrogen-bond donors (Lipinski definition) is 0. The Labute approximate surface area is 225 Å². The number of hydrogen-bond acceptors (Lipinski definition) is 2. The molecular weight excluding hydrogens is 464 g/mol. The fourth-order valence-corrected chi connectivity index (χ4v) is 7.81. The highest BCUT2D eigenvalue weighted by Crippen LogP contribution is 2.49. The van der Waals surface area contributed by atoms with Crippen LogP contribution in [0, 0.1) is 11.8 Å². The summed E-state index contributed by atoms with van der Waals surface area (Å²) in [4.78, 5) is 4.66. The van der Waals surface area contributed by atoms with Crippen LogP contribution in [0.5, 0.6) is 0 Å². The molecule has 0 spiro atoms. The average molecular weight is 500 g/mol. The van der Waals surface area contributed by atoms with E-state index in [-0.39, 0.29) is 6.10 Å². The van der Waals surface area contributed by atoms with Crippen LogP contribution in [-0.4, -0.2) is 35.7 Å². The maximum Gasteiger partial charge on any atom is 0.135 e. The largest absolute Gasteiger partial charge is 0.370 e. The second kappa shape index (κ2) is 9.34. The number of para-hydroxylation sites is 1. The monoisotopic (exact) mass is 499 g/mol. The van der Waals surface area contributed by atoms with Gasteiger partial charge in [0, 0.05) is 43.0 Å². The number of fused-ring (bicyclic) bond motifs is 6. The average Bonchev–Trinajstić information content (AvgIpc) is 2.98. The summed E-state index contributed by atoms with van der Waals surface area (Å²) in [5, 5.41) is 6.61. The first-order chi connectivity index (χ1) is 18.7. The number of ether oxygens (including phenoxy) is 1. The molecule has 38 heavy (non-hydrogen) atoms. The van der Waals surface area contributed by atoms with Crippen molar-refractivity contribution >= 4 is 32.4 Å². The molecule has 3 aliphatic heterocycles. The fraction of sp³-hybridized carbons (Fsp3) is 0.286. The minimum absolute atomic E-state index is 0.0118. The summed E-state index contributed by atoms with van der Waals surface area (Å²) in [5.41, 5.74) is 3.78. The van der Waals surface area contributed by atoms with Crippen molar-refractivity contribution in [2.75, 3.05) is 20.2 Å². The van der Waals surface area contributed by atoms with E-state index in [0.29, 0.717) is 17.9 Å². The van der Waals surface area contributed by atoms with Crippen molar-refractivity contribution in [3.8, 4) is 0 Å². The van der Waals surface area contributed by atoms with E-state index in [1.165, 1.54) is 51.0 Å². The summed E-state index contributed by atoms with van der Waals surface area (Å²) in [6.45, 7) is 7.59. The Hall–Kier alpha value is -3.53. The van der Waals surface area contributed by atoms with Gasteiger partial charge >= 0.3 is 0 Å². The van der Waals surface area contributed by atoms with E-state index in [4.69, 9.17) is 4.74 Å². The number of rotatable bonds is 6. The summed E-state index contributed by atoms with van der Waals surface area (Å²) in [5.74, 6) is 1.22. The van der Waals surface area contributed by atoms with Crippen LogP contribution in [0.2, 0.25) is 0 Å². The Morgan fingerprint density at radius 3 is 2.34 bits per heavy atom. The quantitative estimate of drug-likeness (QED) is 0.135. The zero-order chi connectivity index (χ0) is 25.7. The zero-order valence-electron chi connectivity index (χ0n) is 22.1. The highest BCUT2D eigenvalue weighted by atomic mass is 16.5. The molecule has 3 aliphatic rings. The normalized spacial score (nSPS) is 25.7. The van der Waals surface area contributed by atoms with Crippen LogP contribution >= 0.6 is 0 Å². The van der Waals surface area contributed by atoms with E-state index < -0.39 is 0 Å². The lowest BCUT2D eigenvalue weighted by molar-refractivity contribution is -0.984. The molecule has 0 radical (unpaired) electrons. The highest BCUT2D eigenvalue weighted by Gasteiger charge is 2.54. The molecule has 0 N–H and O–H groups in total. The summed E-state index contributed by atoms with van der Waals surface area (Å²) in [6, 6.07) is 31.3. The summed E-state index contributed by atoms with van der Waals surface area (Å²) < 4.78 is 7.52. The van der Waals surface area contributed by atoms with Gasteiger partial charge in [0.25, 0.3) is 0 Å². The molecule has 5 atom stereocenters. The van der Waals surface area contributed by atoms with Gasteiger partial charge in [-0.2, -0.15) is 0 Å². The smallest absolute Gasteiger partial charge is 0.135 e. The van der Waals surface area contributed by atoms with Crippen molar-refractivity contribution in [2.45, 2.75) is 31.5 Å². The molecule has 3 heteroatoms. The van der Waals surface area contributed by atoms with Crippen LogP contribution in [0.25, 0.3) is 32.4 Å². The van der Waals surface area contributed by atoms with Crippen molar-refractivity contribution in [3.63, 3.8) is 0 Å². The number of methoxy groups -OCH3 is 1. The first-order valence-electron chi connectivity index (χ1n) is 13.9. The van der Waals surface area contributed by atoms with Crippen molar-refractivity contribution in [1.29, 1.82) is 0 Å². The standard InChI is InChI=1S/C35H35N2O/c1-3-24-22-37(23-32-28-12-6-4-10-26(28)20-27-11-5-7-13-29(27)32)19-17-25(24)21-34(37)35(38-2)31-16-18-36-33-15-9-8-14-30(31)33/h3-16,18,20,24-25,34-35H,1,17,19,21-23H2,2H3/q+1/t24?,25-,34+,35+,37-/m0/s1. The lowest BCUT2D eigenvalue weighted by atomic mass is 9.71. The summed E-state index contributed by atoms with van der Waals surface area (Å²) >= 11 is 0. The number of piperidine rings is 3. The van der Waals surface area contributed by atoms with Crippen LogP contribution in [0.3, 0.4) is 0 Å². The van der Waals surface area contributed by atoms with Crippen molar-refractivity contribution in [3.05, 3.63) is 115 Å². The van der Waals surface area contributed by atoms with Crippen molar-refractivity contribution < 1.29 is 9.22 Å². The minimum Gasteiger partial charge on any atom is -0.370 e. The third-order valence-corrected chi connectivity index (χ3v) is 9.62. The molecule has 4 aromatic carbocycles. The van der Waals surface area contributed by atoms with Crippen LogP contribution in [0.15, 0.2) is 104 Å². The van der Waals surface area contributed by atoms with Crippen LogP contribution < -0.4 is 0 Å². The first kappa shape index (κ1) is 23.6. The second-order valence-corrected chi connectivity index (χ2v) is 11.4. The third kappa shape index (κ3) is 3.68. The van der Waals surface area contributed by atoms with Gasteiger partial charge in [-0.3, -0.25) is 4.98 Å². The van der Waals surface area contributed by atoms with E-state index in [0.717, 1.165) is 29.5 Å². The summed E-state index contributed by atoms with van der Waals surface area (Å²) in [6.07, 6.45) is 6.61. The molecular formula is C35H35N2O+. The van der Waals surface area contributed by atoms with E-state index in [2.05, 4.69) is 103 Å². The first-order valence-corrected chi connectivity index (χ1v) is 13.9. The molecule has 3 nitrogen and oxygen atoms in total. The van der Waals surface area contributed by atoms with E-state index >= 15 is 0 Å². The Kier molecular flexibility index (Phi) is 5.79. The Morgan fingerprint density at radius 1 is 0.947 bits per heavy atom. The molecule has 1 aromatic heterocycles. The number of benzene rings is 4. The number of nitrogens with zero attached hydrogens (tertiary/aromatic N) is 2. The van der Waals surface area contributed by atoms with Crippen molar-refractivity contribution in [2.24, 2.45) is 11.8 Å². The predicted octanol–water partition coefficient (Wildman–Crippen LogP) is 7.84. The lowest BCUT2D eigenvalue weighted by Crippen LogP contribution is -2.67. The number of quaternary nitrogens is 1. The van der Waals surface area contributed by atoms with Gasteiger partial charge in [-0.05, 0) is 51.2 Å². The van der Waals surface area contributed by atoms with E-state index in [1.807, 2.05) is 13.3 Å². The fourth-order valence-electron chi connectivity index (χ4n) is 7.81. The molecule has 0 saturated carbocycles. The molecule has 0 amide bonds. The van der Waals surface area contributed by atoms with Gasteiger partial charge in [0.1, 0.15) is 18.7 Å². The van der Waals surface area contributed by atoms with Gasteiger partial charge in [0.15, 0.2) is 0 Å². The molecule has 2 bridgehead atoms. The molecule has 1 unspecified atom stereocenters. The molecule has 0 aliphatic carbocycles. The van der Waals surface area contributed by atoms with Gasteiger partial charge in [-0.15, -0.1) is 6.58 Å². The Balaban J connectivity index is 1.41. The molecule has 8 rings (SSSR count). The van der Waals surface area contributed by atoms with Gasteiger partial charge in [-0.25, -0.2) is 0 Å². The van der Waals surface area contributed by atoms with Crippen LogP contribution in [-0.2, 0) is 11.3 Å². The van der Waals surface area contributed by atoms with Gasteiger partial charge in [0.2, 0.25) is 0 Å². The number of aromatic nitrogens is 1. The molecule has 3 fully saturated rings. The molecule has 190 valence electrons. The van der Waals surface area contributed by atoms with Gasteiger partial charge < -0.3 is 9.22 Å². The maximum atomic E-state index is 6.47. The molecule has 4 heterocycles. The Bertz CT molecular complexity index is 1600. The Morgan fingerprint density at radius 2 is 1.63 bits per heavy atom. The third-order valence-electron chi connectivity index (χ3n) is 9.62. The van der Waals surface area contributed by atoms with E-state index in [1.54, 1.807) is 0 Å². The van der Waals surface area contributed by atoms with Crippen molar-refractivity contribution in [1.82, 2.24) is 4.98 Å².